The Bertz CT molecular complexity index is 424. The van der Waals surface area contributed by atoms with Crippen molar-refractivity contribution in [1.29, 1.82) is 0 Å². The molecule has 0 radical (unpaired) electrons. The van der Waals surface area contributed by atoms with Gasteiger partial charge in [0.05, 0.1) is 6.04 Å². The van der Waals surface area contributed by atoms with Gasteiger partial charge in [0.2, 0.25) is 0 Å². The van der Waals surface area contributed by atoms with Gasteiger partial charge in [-0.3, -0.25) is 4.99 Å². The molecule has 0 aliphatic heterocycles. The molecule has 1 rings (SSSR count). The van der Waals surface area contributed by atoms with Crippen LogP contribution in [0.2, 0.25) is 0 Å². The number of hydrogen-bond donors (Lipinski definition) is 0. The van der Waals surface area contributed by atoms with Crippen LogP contribution in [0.4, 0.5) is 39.5 Å². The van der Waals surface area contributed by atoms with E-state index in [0.29, 0.717) is 48.3 Å². The number of alkyl halides is 9. The number of nitrogens with zero attached hydrogens (tertiary/aromatic N) is 1. The standard InChI is InChI=1S/C11H11F9IN/c12-8(13,7(21)22-6-4-2-1-3-5-6)9(14,15)10(16,17)11(18,19)20/h6H,1-5H2. The molecule has 1 aliphatic rings. The Labute approximate surface area is 133 Å². The zero-order valence-electron chi connectivity index (χ0n) is 10.8. The Hall–Kier alpha value is -0.230. The van der Waals surface area contributed by atoms with Crippen molar-refractivity contribution in [3.63, 3.8) is 0 Å². The molecule has 1 fully saturated rings. The molecule has 0 amide bonds. The lowest BCUT2D eigenvalue weighted by Gasteiger charge is -2.33. The van der Waals surface area contributed by atoms with E-state index in [-0.39, 0.29) is 0 Å². The summed E-state index contributed by atoms with van der Waals surface area (Å²) in [6, 6.07) is -0.776. The minimum Gasteiger partial charge on any atom is -0.274 e. The summed E-state index contributed by atoms with van der Waals surface area (Å²) < 4.78 is 113. The predicted octanol–water partition coefficient (Wildman–Crippen LogP) is 5.62. The maximum atomic E-state index is 13.5. The second-order valence-electron chi connectivity index (χ2n) is 4.93. The summed E-state index contributed by atoms with van der Waals surface area (Å²) in [6.07, 6.45) is -4.23. The van der Waals surface area contributed by atoms with Crippen molar-refractivity contribution >= 4 is 26.3 Å². The van der Waals surface area contributed by atoms with E-state index in [1.807, 2.05) is 0 Å². The minimum absolute atomic E-state index is 0.295. The van der Waals surface area contributed by atoms with Gasteiger partial charge >= 0.3 is 23.9 Å². The average molecular weight is 455 g/mol. The lowest BCUT2D eigenvalue weighted by molar-refractivity contribution is -0.384. The first-order valence-electron chi connectivity index (χ1n) is 6.19. The highest BCUT2D eigenvalue weighted by molar-refractivity contribution is 14.1. The van der Waals surface area contributed by atoms with E-state index in [2.05, 4.69) is 4.99 Å². The number of rotatable bonds is 4. The molecule has 0 heterocycles. The van der Waals surface area contributed by atoms with Gasteiger partial charge in [0.25, 0.3) is 0 Å². The highest BCUT2D eigenvalue weighted by Crippen LogP contribution is 2.54. The van der Waals surface area contributed by atoms with Crippen LogP contribution < -0.4 is 0 Å². The van der Waals surface area contributed by atoms with Crippen LogP contribution in [-0.2, 0) is 0 Å². The van der Waals surface area contributed by atoms with Crippen LogP contribution in [0.5, 0.6) is 0 Å². The molecule has 0 aromatic heterocycles. The molecule has 0 aromatic rings. The Morgan fingerprint density at radius 1 is 0.773 bits per heavy atom. The van der Waals surface area contributed by atoms with Crippen LogP contribution in [0.15, 0.2) is 4.99 Å². The summed E-state index contributed by atoms with van der Waals surface area (Å²) in [6.45, 7) is 0. The van der Waals surface area contributed by atoms with Crippen LogP contribution in [-0.4, -0.2) is 33.7 Å². The van der Waals surface area contributed by atoms with Gasteiger partial charge in [0.15, 0.2) is 0 Å². The fourth-order valence-electron chi connectivity index (χ4n) is 1.96. The molecule has 0 bridgehead atoms. The first-order chi connectivity index (χ1) is 9.75. The van der Waals surface area contributed by atoms with E-state index >= 15 is 0 Å². The third kappa shape index (κ3) is 3.48. The van der Waals surface area contributed by atoms with E-state index in [0.717, 1.165) is 6.42 Å². The highest BCUT2D eigenvalue weighted by Gasteiger charge is 2.82. The lowest BCUT2D eigenvalue weighted by Crippen LogP contribution is -2.62. The molecule has 11 heteroatoms. The van der Waals surface area contributed by atoms with Crippen molar-refractivity contribution in [3.8, 4) is 0 Å². The topological polar surface area (TPSA) is 12.4 Å². The Kier molecular flexibility index (Phi) is 5.71. The first kappa shape index (κ1) is 19.8. The van der Waals surface area contributed by atoms with Gasteiger partial charge in [-0.2, -0.15) is 39.5 Å². The number of hydrogen-bond acceptors (Lipinski definition) is 1. The minimum atomic E-state index is -6.87. The van der Waals surface area contributed by atoms with Crippen LogP contribution in [0.1, 0.15) is 32.1 Å². The van der Waals surface area contributed by atoms with Crippen LogP contribution in [0, 0.1) is 0 Å². The number of aliphatic imine (C=N–C) groups is 1. The van der Waals surface area contributed by atoms with Gasteiger partial charge < -0.3 is 0 Å². The lowest BCUT2D eigenvalue weighted by atomic mass is 9.96. The Balaban J connectivity index is 3.11. The zero-order valence-corrected chi connectivity index (χ0v) is 13.0. The van der Waals surface area contributed by atoms with Crippen molar-refractivity contribution in [2.75, 3.05) is 0 Å². The number of halogens is 10. The van der Waals surface area contributed by atoms with Gasteiger partial charge in [-0.05, 0) is 35.4 Å². The molecule has 0 unspecified atom stereocenters. The summed E-state index contributed by atoms with van der Waals surface area (Å²) in [5.74, 6) is -19.2. The SMILES string of the molecule is FC(F)(F)C(F)(F)C(F)(F)C(F)(F)C(I)=NC1CCCCC1. The average Bonchev–Trinajstić information content (AvgIpc) is 2.38. The molecule has 0 saturated heterocycles. The maximum Gasteiger partial charge on any atom is 0.460 e. The molecule has 0 aromatic carbocycles. The van der Waals surface area contributed by atoms with Gasteiger partial charge in [-0.25, -0.2) is 0 Å². The summed E-state index contributed by atoms with van der Waals surface area (Å²) in [4.78, 5) is 3.24. The zero-order chi connectivity index (χ0) is 17.4. The second-order valence-corrected chi connectivity index (χ2v) is 5.95. The van der Waals surface area contributed by atoms with Crippen molar-refractivity contribution in [3.05, 3.63) is 0 Å². The van der Waals surface area contributed by atoms with E-state index in [1.165, 1.54) is 0 Å². The molecule has 0 spiro atoms. The summed E-state index contributed by atoms with van der Waals surface area (Å²) in [5.41, 5.74) is 0. The van der Waals surface area contributed by atoms with Gasteiger partial charge in [0.1, 0.15) is 3.72 Å². The molecule has 1 saturated carbocycles. The van der Waals surface area contributed by atoms with E-state index < -0.39 is 33.7 Å². The second kappa shape index (κ2) is 6.34. The molecule has 0 atom stereocenters. The molecular formula is C11H11F9IN. The molecular weight excluding hydrogens is 444 g/mol. The summed E-state index contributed by atoms with van der Waals surface area (Å²) in [5, 5.41) is 0. The predicted molar refractivity (Wildman–Crippen MR) is 69.2 cm³/mol. The molecule has 1 nitrogen and oxygen atoms in total. The quantitative estimate of drug-likeness (QED) is 0.297. The summed E-state index contributed by atoms with van der Waals surface area (Å²) in [7, 11) is 0. The fraction of sp³-hybridized carbons (Fsp3) is 0.909. The van der Waals surface area contributed by atoms with Crippen molar-refractivity contribution in [1.82, 2.24) is 0 Å². The molecule has 0 N–H and O–H groups in total. The van der Waals surface area contributed by atoms with E-state index in [4.69, 9.17) is 0 Å². The van der Waals surface area contributed by atoms with E-state index in [9.17, 15) is 39.5 Å². The smallest absolute Gasteiger partial charge is 0.274 e. The third-order valence-corrected chi connectivity index (χ3v) is 4.23. The Morgan fingerprint density at radius 3 is 1.64 bits per heavy atom. The van der Waals surface area contributed by atoms with Gasteiger partial charge in [-0.1, -0.05) is 19.3 Å². The molecule has 22 heavy (non-hydrogen) atoms. The van der Waals surface area contributed by atoms with E-state index in [1.54, 1.807) is 0 Å². The highest BCUT2D eigenvalue weighted by atomic mass is 127. The third-order valence-electron chi connectivity index (χ3n) is 3.27. The fourth-order valence-corrected chi connectivity index (χ4v) is 2.69. The molecule has 130 valence electrons. The first-order valence-corrected chi connectivity index (χ1v) is 7.27. The van der Waals surface area contributed by atoms with Crippen molar-refractivity contribution in [2.24, 2.45) is 4.99 Å². The van der Waals surface area contributed by atoms with Crippen LogP contribution in [0.3, 0.4) is 0 Å². The van der Waals surface area contributed by atoms with Crippen LogP contribution >= 0.6 is 22.6 Å². The van der Waals surface area contributed by atoms with Crippen LogP contribution in [0.25, 0.3) is 0 Å². The van der Waals surface area contributed by atoms with Gasteiger partial charge in [0, 0.05) is 0 Å². The summed E-state index contributed by atoms with van der Waals surface area (Å²) >= 11 is 0.599. The molecule has 1 aliphatic carbocycles. The maximum absolute atomic E-state index is 13.5. The van der Waals surface area contributed by atoms with Gasteiger partial charge in [-0.15, -0.1) is 0 Å². The normalized spacial score (nSPS) is 20.4. The monoisotopic (exact) mass is 455 g/mol. The van der Waals surface area contributed by atoms with Crippen molar-refractivity contribution in [2.45, 2.75) is 62.1 Å². The largest absolute Gasteiger partial charge is 0.460 e. The Morgan fingerprint density at radius 2 is 1.23 bits per heavy atom. The van der Waals surface area contributed by atoms with Crippen molar-refractivity contribution < 1.29 is 39.5 Å².